The van der Waals surface area contributed by atoms with Crippen LogP contribution in [0, 0.1) is 6.92 Å². The molecule has 1 fully saturated rings. The van der Waals surface area contributed by atoms with Gasteiger partial charge in [0.25, 0.3) is 0 Å². The average Bonchev–Trinajstić information content (AvgIpc) is 3.00. The molecule has 0 radical (unpaired) electrons. The molecule has 0 aliphatic carbocycles. The summed E-state index contributed by atoms with van der Waals surface area (Å²) in [5.41, 5.74) is 1.09. The van der Waals surface area contributed by atoms with E-state index < -0.39 is 22.2 Å². The SMILES string of the molecule is CCS(=O)(=O)N1CCC2(CC1)c1ncc(C)n1CCN2C.O=C(O)C(F)(F)F. The van der Waals surface area contributed by atoms with Gasteiger partial charge in [-0.1, -0.05) is 0 Å². The number of sulfonamides is 1. The van der Waals surface area contributed by atoms with Gasteiger partial charge in [-0.25, -0.2) is 22.5 Å². The number of fused-ring (bicyclic) bond motifs is 2. The summed E-state index contributed by atoms with van der Waals surface area (Å²) in [5.74, 6) is -1.46. The van der Waals surface area contributed by atoms with E-state index >= 15 is 0 Å². The zero-order valence-electron chi connectivity index (χ0n) is 16.0. The van der Waals surface area contributed by atoms with Crippen LogP contribution in [0.25, 0.3) is 0 Å². The fourth-order valence-corrected chi connectivity index (χ4v) is 4.78. The van der Waals surface area contributed by atoms with E-state index in [1.807, 2.05) is 6.20 Å². The Morgan fingerprint density at radius 2 is 1.79 bits per heavy atom. The minimum absolute atomic E-state index is 0.105. The van der Waals surface area contributed by atoms with E-state index in [0.717, 1.165) is 31.8 Å². The van der Waals surface area contributed by atoms with E-state index in [1.165, 1.54) is 5.69 Å². The fourth-order valence-electron chi connectivity index (χ4n) is 3.67. The van der Waals surface area contributed by atoms with Crippen LogP contribution < -0.4 is 0 Å². The molecular weight excluding hydrogens is 401 g/mol. The molecule has 160 valence electrons. The quantitative estimate of drug-likeness (QED) is 0.768. The number of halogens is 3. The second kappa shape index (κ2) is 7.99. The van der Waals surface area contributed by atoms with Gasteiger partial charge >= 0.3 is 12.1 Å². The molecule has 1 N–H and O–H groups in total. The molecule has 0 amide bonds. The summed E-state index contributed by atoms with van der Waals surface area (Å²) in [5, 5.41) is 7.12. The summed E-state index contributed by atoms with van der Waals surface area (Å²) < 4.78 is 59.8. The maximum absolute atomic E-state index is 12.0. The summed E-state index contributed by atoms with van der Waals surface area (Å²) in [6.45, 7) is 6.94. The average molecular weight is 426 g/mol. The molecular formula is C16H25F3N4O4S. The topological polar surface area (TPSA) is 95.7 Å². The number of piperidine rings is 1. The highest BCUT2D eigenvalue weighted by Gasteiger charge is 2.46. The van der Waals surface area contributed by atoms with Gasteiger partial charge in [-0.3, -0.25) is 4.90 Å². The number of aromatic nitrogens is 2. The lowest BCUT2D eigenvalue weighted by atomic mass is 9.84. The zero-order valence-corrected chi connectivity index (χ0v) is 16.8. The third kappa shape index (κ3) is 4.33. The summed E-state index contributed by atoms with van der Waals surface area (Å²) in [6, 6.07) is 0. The van der Waals surface area contributed by atoms with Gasteiger partial charge in [-0.15, -0.1) is 0 Å². The van der Waals surface area contributed by atoms with Crippen molar-refractivity contribution in [2.45, 2.75) is 44.9 Å². The van der Waals surface area contributed by atoms with Gasteiger partial charge in [0.1, 0.15) is 5.82 Å². The minimum Gasteiger partial charge on any atom is -0.475 e. The van der Waals surface area contributed by atoms with Crippen molar-refractivity contribution in [3.63, 3.8) is 0 Å². The van der Waals surface area contributed by atoms with Crippen molar-refractivity contribution in [2.24, 2.45) is 0 Å². The van der Waals surface area contributed by atoms with Crippen LogP contribution in [0.3, 0.4) is 0 Å². The summed E-state index contributed by atoms with van der Waals surface area (Å²) >= 11 is 0. The monoisotopic (exact) mass is 426 g/mol. The van der Waals surface area contributed by atoms with Crippen molar-refractivity contribution in [3.05, 3.63) is 17.7 Å². The van der Waals surface area contributed by atoms with Crippen molar-refractivity contribution in [1.82, 2.24) is 18.8 Å². The van der Waals surface area contributed by atoms with E-state index in [2.05, 4.69) is 28.4 Å². The van der Waals surface area contributed by atoms with E-state index in [9.17, 15) is 21.6 Å². The number of carboxylic acids is 1. The van der Waals surface area contributed by atoms with Crippen LogP contribution in [0.5, 0.6) is 0 Å². The number of nitrogens with zero attached hydrogens (tertiary/aromatic N) is 4. The molecule has 1 aromatic rings. The minimum atomic E-state index is -5.08. The van der Waals surface area contributed by atoms with Crippen LogP contribution in [-0.4, -0.2) is 76.9 Å². The standard InChI is InChI=1S/C14H24N4O2S.C2HF3O2/c1-4-21(19,20)17-7-5-14(6-8-17)13-15-11-12(2)18(13)10-9-16(14)3;3-2(4,5)1(6)7/h11H,4-10H2,1-3H3;(H,6,7). The molecule has 0 unspecified atom stereocenters. The lowest BCUT2D eigenvalue weighted by Gasteiger charge is -2.49. The number of rotatable bonds is 2. The maximum Gasteiger partial charge on any atom is 0.490 e. The number of aliphatic carboxylic acids is 1. The summed E-state index contributed by atoms with van der Waals surface area (Å²) in [4.78, 5) is 15.9. The third-order valence-electron chi connectivity index (χ3n) is 5.41. The Balaban J connectivity index is 0.000000345. The molecule has 0 saturated carbocycles. The number of hydrogen-bond acceptors (Lipinski definition) is 5. The Labute approximate surface area is 162 Å². The molecule has 0 aromatic carbocycles. The van der Waals surface area contributed by atoms with Crippen LogP contribution >= 0.6 is 0 Å². The first-order chi connectivity index (χ1) is 12.8. The number of alkyl halides is 3. The highest BCUT2D eigenvalue weighted by Crippen LogP contribution is 2.40. The molecule has 12 heteroatoms. The molecule has 2 aliphatic heterocycles. The van der Waals surface area contributed by atoms with Gasteiger partial charge < -0.3 is 9.67 Å². The fraction of sp³-hybridized carbons (Fsp3) is 0.750. The van der Waals surface area contributed by atoms with Crippen LogP contribution in [-0.2, 0) is 26.9 Å². The molecule has 28 heavy (non-hydrogen) atoms. The predicted molar refractivity (Wildman–Crippen MR) is 95.2 cm³/mol. The van der Waals surface area contributed by atoms with Gasteiger partial charge in [0.2, 0.25) is 10.0 Å². The first-order valence-corrected chi connectivity index (χ1v) is 10.5. The van der Waals surface area contributed by atoms with E-state index in [1.54, 1.807) is 11.2 Å². The lowest BCUT2D eigenvalue weighted by Crippen LogP contribution is -2.57. The second-order valence-electron chi connectivity index (χ2n) is 6.93. The Morgan fingerprint density at radius 1 is 1.25 bits per heavy atom. The van der Waals surface area contributed by atoms with Crippen molar-refractivity contribution >= 4 is 16.0 Å². The van der Waals surface area contributed by atoms with Gasteiger partial charge in [0.15, 0.2) is 0 Å². The van der Waals surface area contributed by atoms with Crippen molar-refractivity contribution in [1.29, 1.82) is 0 Å². The largest absolute Gasteiger partial charge is 0.490 e. The zero-order chi connectivity index (χ0) is 21.3. The first kappa shape index (κ1) is 22.6. The summed E-state index contributed by atoms with van der Waals surface area (Å²) in [6.07, 6.45) is -1.51. The van der Waals surface area contributed by atoms with Crippen molar-refractivity contribution in [2.75, 3.05) is 32.4 Å². The van der Waals surface area contributed by atoms with Crippen LogP contribution in [0.15, 0.2) is 6.20 Å². The Bertz CT molecular complexity index is 814. The molecule has 1 saturated heterocycles. The van der Waals surface area contributed by atoms with Gasteiger partial charge in [-0.2, -0.15) is 13.2 Å². The smallest absolute Gasteiger partial charge is 0.475 e. The first-order valence-electron chi connectivity index (χ1n) is 8.87. The highest BCUT2D eigenvalue weighted by molar-refractivity contribution is 7.89. The molecule has 3 heterocycles. The molecule has 0 bridgehead atoms. The van der Waals surface area contributed by atoms with Crippen molar-refractivity contribution in [3.8, 4) is 0 Å². The van der Waals surface area contributed by atoms with E-state index in [-0.39, 0.29) is 11.3 Å². The molecule has 8 nitrogen and oxygen atoms in total. The number of imidazole rings is 1. The van der Waals surface area contributed by atoms with Crippen LogP contribution in [0.4, 0.5) is 13.2 Å². The Kier molecular flexibility index (Phi) is 6.46. The second-order valence-corrected chi connectivity index (χ2v) is 9.19. The molecule has 0 atom stereocenters. The van der Waals surface area contributed by atoms with Crippen molar-refractivity contribution < 1.29 is 31.5 Å². The summed E-state index contributed by atoms with van der Waals surface area (Å²) in [7, 11) is -0.942. The number of carboxylic acid groups (broad SMARTS) is 1. The third-order valence-corrected chi connectivity index (χ3v) is 7.29. The molecule has 3 rings (SSSR count). The number of hydrogen-bond donors (Lipinski definition) is 1. The number of likely N-dealkylation sites (N-methyl/N-ethyl adjacent to an activating group) is 1. The molecule has 2 aliphatic rings. The Hall–Kier alpha value is -1.66. The Morgan fingerprint density at radius 3 is 2.25 bits per heavy atom. The molecule has 1 spiro atoms. The number of carbonyl (C=O) groups is 1. The number of aryl methyl sites for hydroxylation is 1. The van der Waals surface area contributed by atoms with Gasteiger partial charge in [0, 0.05) is 38.1 Å². The highest BCUT2D eigenvalue weighted by atomic mass is 32.2. The predicted octanol–water partition coefficient (Wildman–Crippen LogP) is 1.41. The van der Waals surface area contributed by atoms with E-state index in [4.69, 9.17) is 9.90 Å². The normalized spacial score (nSPS) is 20.4. The molecule has 1 aromatic heterocycles. The maximum atomic E-state index is 12.0. The van der Waals surface area contributed by atoms with Crippen LogP contribution in [0.2, 0.25) is 0 Å². The van der Waals surface area contributed by atoms with Gasteiger partial charge in [0.05, 0.1) is 11.3 Å². The van der Waals surface area contributed by atoms with E-state index in [0.29, 0.717) is 13.1 Å². The van der Waals surface area contributed by atoms with Crippen LogP contribution in [0.1, 0.15) is 31.3 Å². The van der Waals surface area contributed by atoms with Gasteiger partial charge in [-0.05, 0) is 33.7 Å². The lowest BCUT2D eigenvalue weighted by molar-refractivity contribution is -0.192.